The van der Waals surface area contributed by atoms with Crippen LogP contribution in [0.1, 0.15) is 72.8 Å². The number of amides is 1. The zero-order valence-electron chi connectivity index (χ0n) is 25.1. The first-order valence-corrected chi connectivity index (χ1v) is 15.4. The number of piperidine rings is 1. The Morgan fingerprint density at radius 1 is 1.18 bits per heavy atom. The highest BCUT2D eigenvalue weighted by atomic mass is 19.1. The Morgan fingerprint density at radius 3 is 2.77 bits per heavy atom. The Bertz CT molecular complexity index is 1630. The summed E-state index contributed by atoms with van der Waals surface area (Å²) in [5.74, 6) is -1.14. The van der Waals surface area contributed by atoms with Gasteiger partial charge >= 0.3 is 0 Å². The largest absolute Gasteiger partial charge is 0.392 e. The molecule has 0 bridgehead atoms. The molecule has 3 atom stereocenters. The van der Waals surface area contributed by atoms with E-state index in [0.717, 1.165) is 47.5 Å². The van der Waals surface area contributed by atoms with Gasteiger partial charge in [0.05, 0.1) is 30.2 Å². The molecule has 0 radical (unpaired) electrons. The number of aryl methyl sites for hydroxylation is 1. The summed E-state index contributed by atoms with van der Waals surface area (Å²) in [6.45, 7) is 5.90. The number of pyridine rings is 2. The van der Waals surface area contributed by atoms with E-state index in [1.807, 2.05) is 32.0 Å². The molecule has 4 aromatic rings. The van der Waals surface area contributed by atoms with E-state index in [4.69, 9.17) is 0 Å². The van der Waals surface area contributed by atoms with Crippen LogP contribution in [0.3, 0.4) is 0 Å². The van der Waals surface area contributed by atoms with E-state index < -0.39 is 23.4 Å². The zero-order chi connectivity index (χ0) is 30.8. The molecule has 8 nitrogen and oxygen atoms in total. The SMILES string of the molecule is CC(C)[C@]1(F)CCc2nc3c(F)cc(C(=O)N[C@H](CCN4CCC[C@@H](O)C4)c4ccc(-c5ccnnc5)nc4)cc3cc2C1. The van der Waals surface area contributed by atoms with E-state index in [1.165, 1.54) is 6.07 Å². The Labute approximate surface area is 255 Å². The van der Waals surface area contributed by atoms with Crippen LogP contribution in [0.2, 0.25) is 0 Å². The maximum atomic E-state index is 15.5. The van der Waals surface area contributed by atoms with Gasteiger partial charge in [0.25, 0.3) is 5.91 Å². The van der Waals surface area contributed by atoms with E-state index in [9.17, 15) is 9.90 Å². The summed E-state index contributed by atoms with van der Waals surface area (Å²) in [4.78, 5) is 25.0. The molecule has 1 aliphatic heterocycles. The molecule has 1 saturated heterocycles. The van der Waals surface area contributed by atoms with Crippen molar-refractivity contribution < 1.29 is 18.7 Å². The van der Waals surface area contributed by atoms with Gasteiger partial charge in [-0.2, -0.15) is 10.2 Å². The molecule has 2 aliphatic rings. The number of aliphatic hydroxyl groups is 1. The number of halogens is 2. The quantitative estimate of drug-likeness (QED) is 0.279. The number of nitrogens with zero attached hydrogens (tertiary/aromatic N) is 5. The molecule has 230 valence electrons. The standard InChI is InChI=1S/C34H38F2N6O2/c1-21(2)34(36)10-7-30-26(17-34)15-24-14-25(16-28(35)32(24)40-30)33(44)41-31(9-13-42-12-3-4-27(43)20-42)22-5-6-29(37-18-22)23-8-11-38-39-19-23/h5-6,8,11,14-16,18-19,21,27,31,43H,3-4,7,9-10,12-13,17,20H2,1-2H3,(H,41,44)/t27-,31-,34+/m1/s1. The lowest BCUT2D eigenvalue weighted by Crippen LogP contribution is -2.40. The second-order valence-corrected chi connectivity index (χ2v) is 12.5. The van der Waals surface area contributed by atoms with Crippen molar-refractivity contribution in [2.45, 2.75) is 70.2 Å². The molecule has 3 aromatic heterocycles. The van der Waals surface area contributed by atoms with Crippen molar-refractivity contribution in [2.24, 2.45) is 5.92 Å². The minimum absolute atomic E-state index is 0.143. The number of β-amino-alcohol motifs (C(OH)–C–C–N with tert-alkyl or cyclic N) is 1. The van der Waals surface area contributed by atoms with Crippen molar-refractivity contribution in [3.05, 3.63) is 83.2 Å². The van der Waals surface area contributed by atoms with Crippen molar-refractivity contribution in [3.8, 4) is 11.3 Å². The number of alkyl halides is 1. The molecular weight excluding hydrogens is 562 g/mol. The lowest BCUT2D eigenvalue weighted by molar-refractivity contribution is 0.0677. The summed E-state index contributed by atoms with van der Waals surface area (Å²) >= 11 is 0. The van der Waals surface area contributed by atoms with Gasteiger partial charge in [-0.1, -0.05) is 19.9 Å². The van der Waals surface area contributed by atoms with Crippen LogP contribution in [0.15, 0.2) is 55.0 Å². The Morgan fingerprint density at radius 2 is 2.05 bits per heavy atom. The van der Waals surface area contributed by atoms with Crippen molar-refractivity contribution in [1.82, 2.24) is 30.4 Å². The van der Waals surface area contributed by atoms with Crippen LogP contribution in [-0.4, -0.2) is 67.5 Å². The fourth-order valence-corrected chi connectivity index (χ4v) is 6.38. The van der Waals surface area contributed by atoms with Gasteiger partial charge in [-0.15, -0.1) is 0 Å². The maximum Gasteiger partial charge on any atom is 0.251 e. The Hall–Kier alpha value is -3.89. The summed E-state index contributed by atoms with van der Waals surface area (Å²) in [6, 6.07) is 9.88. The molecule has 0 unspecified atom stereocenters. The molecule has 1 amide bonds. The van der Waals surface area contributed by atoms with Gasteiger partial charge in [0.1, 0.15) is 17.0 Å². The molecule has 0 saturated carbocycles. The van der Waals surface area contributed by atoms with Crippen molar-refractivity contribution in [3.63, 3.8) is 0 Å². The summed E-state index contributed by atoms with van der Waals surface area (Å²) in [7, 11) is 0. The third-order valence-electron chi connectivity index (χ3n) is 9.19. The molecular formula is C34H38F2N6O2. The number of fused-ring (bicyclic) bond motifs is 2. The monoisotopic (exact) mass is 600 g/mol. The van der Waals surface area contributed by atoms with Crippen LogP contribution < -0.4 is 5.32 Å². The zero-order valence-corrected chi connectivity index (χ0v) is 25.1. The molecule has 1 aliphatic carbocycles. The number of benzene rings is 1. The number of nitrogens with one attached hydrogen (secondary N) is 1. The van der Waals surface area contributed by atoms with Crippen LogP contribution in [0.25, 0.3) is 22.2 Å². The van der Waals surface area contributed by atoms with Gasteiger partial charge in [-0.25, -0.2) is 13.8 Å². The third-order valence-corrected chi connectivity index (χ3v) is 9.19. The maximum absolute atomic E-state index is 15.5. The average molecular weight is 601 g/mol. The first-order chi connectivity index (χ1) is 21.2. The number of carbonyl (C=O) groups excluding carboxylic acids is 1. The third kappa shape index (κ3) is 6.46. The number of likely N-dealkylation sites (tertiary alicyclic amines) is 1. The number of hydrogen-bond acceptors (Lipinski definition) is 7. The summed E-state index contributed by atoms with van der Waals surface area (Å²) in [5, 5.41) is 21.5. The first kappa shape index (κ1) is 30.1. The summed E-state index contributed by atoms with van der Waals surface area (Å²) in [6.07, 6.45) is 7.97. The highest BCUT2D eigenvalue weighted by Crippen LogP contribution is 2.38. The first-order valence-electron chi connectivity index (χ1n) is 15.4. The minimum Gasteiger partial charge on any atom is -0.392 e. The predicted octanol–water partition coefficient (Wildman–Crippen LogP) is 5.40. The second kappa shape index (κ2) is 12.6. The fraction of sp³-hybridized carbons (Fsp3) is 0.441. The highest BCUT2D eigenvalue weighted by molar-refractivity contribution is 5.98. The minimum atomic E-state index is -1.33. The van der Waals surface area contributed by atoms with Crippen LogP contribution in [0.4, 0.5) is 8.78 Å². The van der Waals surface area contributed by atoms with E-state index in [-0.39, 0.29) is 29.5 Å². The van der Waals surface area contributed by atoms with Crippen LogP contribution in [0.5, 0.6) is 0 Å². The number of rotatable bonds is 8. The molecule has 4 heterocycles. The number of hydrogen-bond donors (Lipinski definition) is 2. The van der Waals surface area contributed by atoms with Gasteiger partial charge in [-0.05, 0) is 86.0 Å². The topological polar surface area (TPSA) is 104 Å². The molecule has 10 heteroatoms. The number of aromatic nitrogens is 4. The van der Waals surface area contributed by atoms with Crippen LogP contribution in [0, 0.1) is 11.7 Å². The lowest BCUT2D eigenvalue weighted by atomic mass is 9.77. The smallest absolute Gasteiger partial charge is 0.251 e. The molecule has 2 N–H and O–H groups in total. The number of carbonyl (C=O) groups is 1. The van der Waals surface area contributed by atoms with Gasteiger partial charge < -0.3 is 15.3 Å². The Balaban J connectivity index is 1.26. The molecule has 1 aromatic carbocycles. The van der Waals surface area contributed by atoms with E-state index in [2.05, 4.69) is 30.4 Å². The molecule has 44 heavy (non-hydrogen) atoms. The summed E-state index contributed by atoms with van der Waals surface area (Å²) in [5.41, 5.74) is 2.91. The summed E-state index contributed by atoms with van der Waals surface area (Å²) < 4.78 is 30.9. The van der Waals surface area contributed by atoms with E-state index in [0.29, 0.717) is 37.7 Å². The van der Waals surface area contributed by atoms with Gasteiger partial charge in [0.2, 0.25) is 0 Å². The molecule has 0 spiro atoms. The Kier molecular flexibility index (Phi) is 8.64. The lowest BCUT2D eigenvalue weighted by Gasteiger charge is -2.34. The van der Waals surface area contributed by atoms with Gasteiger partial charge in [0, 0.05) is 47.9 Å². The highest BCUT2D eigenvalue weighted by Gasteiger charge is 2.38. The average Bonchev–Trinajstić information content (AvgIpc) is 3.02. The van der Waals surface area contributed by atoms with Gasteiger partial charge in [0.15, 0.2) is 0 Å². The van der Waals surface area contributed by atoms with Crippen LogP contribution >= 0.6 is 0 Å². The second-order valence-electron chi connectivity index (χ2n) is 12.5. The molecule has 1 fully saturated rings. The van der Waals surface area contributed by atoms with E-state index in [1.54, 1.807) is 30.7 Å². The normalized spacial score (nSPS) is 21.3. The fourth-order valence-electron chi connectivity index (χ4n) is 6.38. The van der Waals surface area contributed by atoms with Gasteiger partial charge in [-0.3, -0.25) is 9.78 Å². The van der Waals surface area contributed by atoms with Crippen molar-refractivity contribution in [1.29, 1.82) is 0 Å². The van der Waals surface area contributed by atoms with Crippen molar-refractivity contribution in [2.75, 3.05) is 19.6 Å². The van der Waals surface area contributed by atoms with E-state index >= 15 is 8.78 Å². The van der Waals surface area contributed by atoms with Crippen molar-refractivity contribution >= 4 is 16.8 Å². The number of aliphatic hydroxyl groups excluding tert-OH is 1. The van der Waals surface area contributed by atoms with Crippen LogP contribution in [-0.2, 0) is 12.8 Å². The molecule has 6 rings (SSSR count). The predicted molar refractivity (Wildman–Crippen MR) is 164 cm³/mol.